The van der Waals surface area contributed by atoms with Crippen molar-refractivity contribution in [3.63, 3.8) is 0 Å². The number of esters is 1. The molecular formula is C23H30F12O4. The van der Waals surface area contributed by atoms with Gasteiger partial charge in [-0.05, 0) is 57.8 Å². The number of halogens is 12. The summed E-state index contributed by atoms with van der Waals surface area (Å²) >= 11 is 0. The summed E-state index contributed by atoms with van der Waals surface area (Å²) in [6, 6.07) is 0. The predicted molar refractivity (Wildman–Crippen MR) is 110 cm³/mol. The molecule has 16 heteroatoms. The Kier molecular flexibility index (Phi) is 9.90. The van der Waals surface area contributed by atoms with Crippen LogP contribution in [0.25, 0.3) is 0 Å². The molecule has 0 aromatic heterocycles. The van der Waals surface area contributed by atoms with E-state index in [0.717, 1.165) is 6.92 Å². The quantitative estimate of drug-likeness (QED) is 0.245. The van der Waals surface area contributed by atoms with Crippen LogP contribution in [-0.2, 0) is 14.3 Å². The highest BCUT2D eigenvalue weighted by molar-refractivity contribution is 5.72. The number of ether oxygens (including phenoxy) is 2. The molecule has 0 bridgehead atoms. The van der Waals surface area contributed by atoms with Crippen molar-refractivity contribution in [3.8, 4) is 0 Å². The molecule has 2 fully saturated rings. The molecular weight excluding hydrogens is 568 g/mol. The van der Waals surface area contributed by atoms with Crippen molar-refractivity contribution < 1.29 is 72.1 Å². The first kappa shape index (κ1) is 33.8. The molecule has 39 heavy (non-hydrogen) atoms. The van der Waals surface area contributed by atoms with Gasteiger partial charge in [-0.1, -0.05) is 13.8 Å². The van der Waals surface area contributed by atoms with Crippen molar-refractivity contribution in [1.82, 2.24) is 0 Å². The van der Waals surface area contributed by atoms with Crippen LogP contribution >= 0.6 is 0 Å². The summed E-state index contributed by atoms with van der Waals surface area (Å²) in [7, 11) is 0. The molecule has 0 aromatic rings. The van der Waals surface area contributed by atoms with Gasteiger partial charge in [0.1, 0.15) is 0 Å². The molecule has 0 aliphatic heterocycles. The lowest BCUT2D eigenvalue weighted by atomic mass is 9.74. The maximum absolute atomic E-state index is 13.9. The van der Waals surface area contributed by atoms with Crippen LogP contribution in [0.5, 0.6) is 0 Å². The van der Waals surface area contributed by atoms with Gasteiger partial charge in [-0.15, -0.1) is 0 Å². The van der Waals surface area contributed by atoms with Crippen LogP contribution < -0.4 is 0 Å². The fourth-order valence-corrected chi connectivity index (χ4v) is 5.37. The minimum absolute atomic E-state index is 0.0587. The molecule has 1 atom stereocenters. The van der Waals surface area contributed by atoms with Crippen LogP contribution in [-0.4, -0.2) is 59.2 Å². The van der Waals surface area contributed by atoms with Crippen molar-refractivity contribution in [2.75, 3.05) is 0 Å². The number of carbonyl (C=O) groups excluding carboxylic acids is 1. The van der Waals surface area contributed by atoms with E-state index in [1.165, 1.54) is 6.92 Å². The Morgan fingerprint density at radius 2 is 1.05 bits per heavy atom. The van der Waals surface area contributed by atoms with E-state index < -0.39 is 97.5 Å². The minimum atomic E-state index is -5.99. The molecule has 2 rings (SSSR count). The molecule has 0 saturated heterocycles. The fourth-order valence-electron chi connectivity index (χ4n) is 5.37. The topological polar surface area (TPSA) is 55.8 Å². The van der Waals surface area contributed by atoms with Gasteiger partial charge in [0, 0.05) is 11.8 Å². The van der Waals surface area contributed by atoms with Gasteiger partial charge in [0.05, 0.1) is 18.1 Å². The van der Waals surface area contributed by atoms with Crippen molar-refractivity contribution >= 4 is 5.97 Å². The van der Waals surface area contributed by atoms with Gasteiger partial charge in [0.2, 0.25) is 0 Å². The second kappa shape index (κ2) is 11.4. The zero-order valence-corrected chi connectivity index (χ0v) is 21.0. The van der Waals surface area contributed by atoms with Gasteiger partial charge in [-0.25, -0.2) is 0 Å². The van der Waals surface area contributed by atoms with E-state index in [1.54, 1.807) is 0 Å². The first-order valence-electron chi connectivity index (χ1n) is 12.4. The number of alkyl halides is 12. The molecule has 0 spiro atoms. The molecule has 4 nitrogen and oxygen atoms in total. The fraction of sp³-hybridized carbons (Fsp3) is 0.957. The Morgan fingerprint density at radius 3 is 1.36 bits per heavy atom. The Balaban J connectivity index is 2.10. The van der Waals surface area contributed by atoms with E-state index >= 15 is 0 Å². The highest BCUT2D eigenvalue weighted by atomic mass is 19.4. The molecule has 0 amide bonds. The normalized spacial score (nSPS) is 27.3. The van der Waals surface area contributed by atoms with Crippen LogP contribution in [0.3, 0.4) is 0 Å². The third-order valence-electron chi connectivity index (χ3n) is 7.88. The summed E-state index contributed by atoms with van der Waals surface area (Å²) in [5, 5.41) is 9.56. The Bertz CT molecular complexity index is 789. The van der Waals surface area contributed by atoms with Gasteiger partial charge in [0.25, 0.3) is 5.60 Å². The standard InChI is InChI=1S/C23H30F12O4/c1-3-12(2)17(36)39-19(22(30,31)32,23(33,34)35)14-6-10-16(11-7-14)38-15-8-4-13(5-9-15)18(37,20(24,25)26)21(27,28)29/h12-16,37H,3-11H2,1-2H3. The summed E-state index contributed by atoms with van der Waals surface area (Å²) in [6.07, 6.45) is -30.0. The van der Waals surface area contributed by atoms with E-state index in [1.807, 2.05) is 0 Å². The smallest absolute Gasteiger partial charge is 0.437 e. The summed E-state index contributed by atoms with van der Waals surface area (Å²) in [6.45, 7) is 2.52. The third-order valence-corrected chi connectivity index (χ3v) is 7.88. The number of aliphatic hydroxyl groups is 1. The molecule has 0 aromatic carbocycles. The number of carbonyl (C=O) groups is 1. The first-order valence-corrected chi connectivity index (χ1v) is 12.4. The van der Waals surface area contributed by atoms with Gasteiger partial charge in [0.15, 0.2) is 0 Å². The molecule has 0 heterocycles. The van der Waals surface area contributed by atoms with E-state index in [-0.39, 0.29) is 32.1 Å². The van der Waals surface area contributed by atoms with Crippen LogP contribution in [0.15, 0.2) is 0 Å². The zero-order chi connectivity index (χ0) is 30.2. The maximum Gasteiger partial charge on any atom is 0.437 e. The van der Waals surface area contributed by atoms with Crippen LogP contribution in [0.4, 0.5) is 52.7 Å². The lowest BCUT2D eigenvalue weighted by Gasteiger charge is -2.45. The number of hydrogen-bond donors (Lipinski definition) is 1. The van der Waals surface area contributed by atoms with E-state index in [2.05, 4.69) is 4.74 Å². The molecule has 2 saturated carbocycles. The van der Waals surface area contributed by atoms with Crippen molar-refractivity contribution in [3.05, 3.63) is 0 Å². The largest absolute Gasteiger partial charge is 0.439 e. The second-order valence-corrected chi connectivity index (χ2v) is 10.3. The molecule has 1 unspecified atom stereocenters. The third kappa shape index (κ3) is 6.56. The van der Waals surface area contributed by atoms with Crippen LogP contribution in [0.1, 0.15) is 71.6 Å². The zero-order valence-electron chi connectivity index (χ0n) is 21.0. The summed E-state index contributed by atoms with van der Waals surface area (Å²) in [4.78, 5) is 12.1. The van der Waals surface area contributed by atoms with Crippen molar-refractivity contribution in [2.24, 2.45) is 17.8 Å². The van der Waals surface area contributed by atoms with E-state index in [0.29, 0.717) is 0 Å². The molecule has 2 aliphatic rings. The summed E-state index contributed by atoms with van der Waals surface area (Å²) in [5.41, 5.74) is -9.67. The van der Waals surface area contributed by atoms with Gasteiger partial charge in [-0.2, -0.15) is 52.7 Å². The molecule has 0 radical (unpaired) electrons. The predicted octanol–water partition coefficient (Wildman–Crippen LogP) is 7.43. The Hall–Kier alpha value is -1.45. The number of rotatable bonds is 7. The molecule has 2 aliphatic carbocycles. The Labute approximate surface area is 216 Å². The average molecular weight is 598 g/mol. The number of hydrogen-bond acceptors (Lipinski definition) is 4. The second-order valence-electron chi connectivity index (χ2n) is 10.3. The van der Waals surface area contributed by atoms with Crippen LogP contribution in [0, 0.1) is 17.8 Å². The lowest BCUT2D eigenvalue weighted by molar-refractivity contribution is -0.389. The van der Waals surface area contributed by atoms with E-state index in [4.69, 9.17) is 4.74 Å². The van der Waals surface area contributed by atoms with Crippen LogP contribution in [0.2, 0.25) is 0 Å². The Morgan fingerprint density at radius 1 is 0.692 bits per heavy atom. The summed E-state index contributed by atoms with van der Waals surface area (Å²) in [5.74, 6) is -7.27. The monoisotopic (exact) mass is 598 g/mol. The lowest BCUT2D eigenvalue weighted by Crippen LogP contribution is -2.65. The SMILES string of the molecule is CCC(C)C(=O)OC(C1CCC(OC2CCC(C(O)(C(F)(F)F)C(F)(F)F)CC2)CC1)(C(F)(F)F)C(F)(F)F. The average Bonchev–Trinajstić information content (AvgIpc) is 2.79. The molecule has 1 N–H and O–H groups in total. The van der Waals surface area contributed by atoms with Gasteiger partial charge < -0.3 is 14.6 Å². The minimum Gasteiger partial charge on any atom is -0.439 e. The highest BCUT2D eigenvalue weighted by Gasteiger charge is 2.77. The van der Waals surface area contributed by atoms with E-state index in [9.17, 15) is 62.6 Å². The van der Waals surface area contributed by atoms with Gasteiger partial charge >= 0.3 is 36.3 Å². The van der Waals surface area contributed by atoms with Crippen molar-refractivity contribution in [1.29, 1.82) is 0 Å². The maximum atomic E-state index is 13.9. The summed E-state index contributed by atoms with van der Waals surface area (Å²) < 4.78 is 172. The van der Waals surface area contributed by atoms with Crippen molar-refractivity contribution in [2.45, 2.75) is 120 Å². The highest BCUT2D eigenvalue weighted by Crippen LogP contribution is 2.55. The first-order chi connectivity index (χ1) is 17.5. The molecule has 230 valence electrons. The van der Waals surface area contributed by atoms with Gasteiger partial charge in [-0.3, -0.25) is 4.79 Å².